The second-order valence-corrected chi connectivity index (χ2v) is 12.4. The molecule has 6 rings (SSSR count). The zero-order chi connectivity index (χ0) is 29.2. The van der Waals surface area contributed by atoms with Gasteiger partial charge in [-0.2, -0.15) is 5.10 Å². The summed E-state index contributed by atoms with van der Waals surface area (Å²) in [6, 6.07) is 24.7. The standard InChI is InChI=1S/C31H23Cl2FN4O2S2/c32-21-6-3-5-20(15-21)30-28-29(25-9-4-14-41-25)36-38(24-8-2-1-7-23(24)33)31(28)37(27(40)18-42-30)17-26(39)35-16-19-10-12-22(34)13-11-19/h1-15,30H,16-18H2,(H,35,39)/t30-/m0/s1. The van der Waals surface area contributed by atoms with Gasteiger partial charge >= 0.3 is 0 Å². The van der Waals surface area contributed by atoms with E-state index in [0.717, 1.165) is 21.6 Å². The number of thioether (sulfide) groups is 1. The highest BCUT2D eigenvalue weighted by Gasteiger charge is 2.38. The number of amides is 2. The summed E-state index contributed by atoms with van der Waals surface area (Å²) in [7, 11) is 0. The summed E-state index contributed by atoms with van der Waals surface area (Å²) in [4.78, 5) is 29.5. The van der Waals surface area contributed by atoms with Gasteiger partial charge in [0, 0.05) is 17.1 Å². The Balaban J connectivity index is 1.49. The summed E-state index contributed by atoms with van der Waals surface area (Å²) in [6.07, 6.45) is 0. The smallest absolute Gasteiger partial charge is 0.240 e. The number of halogens is 3. The number of anilines is 1. The Labute approximate surface area is 260 Å². The molecule has 1 N–H and O–H groups in total. The molecule has 3 aromatic carbocycles. The summed E-state index contributed by atoms with van der Waals surface area (Å²) in [5.41, 5.74) is 3.73. The zero-order valence-electron chi connectivity index (χ0n) is 22.0. The Kier molecular flexibility index (Phi) is 8.35. The van der Waals surface area contributed by atoms with Gasteiger partial charge < -0.3 is 5.32 Å². The quantitative estimate of drug-likeness (QED) is 0.200. The molecule has 0 radical (unpaired) electrons. The van der Waals surface area contributed by atoms with Crippen molar-refractivity contribution in [3.8, 4) is 16.3 Å². The normalized spacial score (nSPS) is 14.9. The van der Waals surface area contributed by atoms with Crippen molar-refractivity contribution in [3.05, 3.63) is 123 Å². The first-order valence-corrected chi connectivity index (χ1v) is 15.7. The first kappa shape index (κ1) is 28.5. The van der Waals surface area contributed by atoms with Gasteiger partial charge in [0.2, 0.25) is 11.8 Å². The lowest BCUT2D eigenvalue weighted by Gasteiger charge is -2.23. The van der Waals surface area contributed by atoms with Crippen LogP contribution in [0.1, 0.15) is 21.9 Å². The number of benzene rings is 3. The first-order valence-electron chi connectivity index (χ1n) is 13.0. The van der Waals surface area contributed by atoms with Crippen molar-refractivity contribution in [1.82, 2.24) is 15.1 Å². The predicted molar refractivity (Wildman–Crippen MR) is 168 cm³/mol. The minimum Gasteiger partial charge on any atom is -0.350 e. The van der Waals surface area contributed by atoms with Gasteiger partial charge in [-0.3, -0.25) is 14.5 Å². The van der Waals surface area contributed by atoms with Crippen molar-refractivity contribution in [3.63, 3.8) is 0 Å². The maximum Gasteiger partial charge on any atom is 0.240 e. The molecule has 0 spiro atoms. The molecule has 0 aliphatic carbocycles. The van der Waals surface area contributed by atoms with Crippen molar-refractivity contribution in [2.75, 3.05) is 17.2 Å². The lowest BCUT2D eigenvalue weighted by molar-refractivity contribution is -0.123. The van der Waals surface area contributed by atoms with Crippen molar-refractivity contribution < 1.29 is 14.0 Å². The highest BCUT2D eigenvalue weighted by Crippen LogP contribution is 2.49. The van der Waals surface area contributed by atoms with Gasteiger partial charge in [0.15, 0.2) is 0 Å². The van der Waals surface area contributed by atoms with Crippen LogP contribution in [0, 0.1) is 5.82 Å². The van der Waals surface area contributed by atoms with Gasteiger partial charge in [-0.05, 0) is 59.0 Å². The Morgan fingerprint density at radius 1 is 1.02 bits per heavy atom. The number of carbonyl (C=O) groups is 2. The van der Waals surface area contributed by atoms with E-state index in [9.17, 15) is 14.0 Å². The highest BCUT2D eigenvalue weighted by molar-refractivity contribution is 8.00. The zero-order valence-corrected chi connectivity index (χ0v) is 25.1. The summed E-state index contributed by atoms with van der Waals surface area (Å²) in [6.45, 7) is -0.0476. The number of fused-ring (bicyclic) bond motifs is 1. The second kappa shape index (κ2) is 12.3. The van der Waals surface area contributed by atoms with E-state index in [2.05, 4.69) is 5.32 Å². The van der Waals surface area contributed by atoms with Gasteiger partial charge in [-0.25, -0.2) is 9.07 Å². The molecule has 5 aromatic rings. The molecule has 1 aliphatic rings. The van der Waals surface area contributed by atoms with Crippen LogP contribution >= 0.6 is 46.3 Å². The minimum absolute atomic E-state index is 0.128. The molecule has 0 unspecified atom stereocenters. The number of thiophene rings is 1. The molecular weight excluding hydrogens is 614 g/mol. The SMILES string of the molecule is O=C(CN1C(=O)CS[C@@H](c2cccc(Cl)c2)c2c(-c3cccs3)nn(-c3ccccc3Cl)c21)NCc1ccc(F)cc1. The topological polar surface area (TPSA) is 67.2 Å². The fourth-order valence-electron chi connectivity index (χ4n) is 4.84. The molecule has 212 valence electrons. The highest BCUT2D eigenvalue weighted by atomic mass is 35.5. The molecule has 2 amide bonds. The fraction of sp³-hybridized carbons (Fsp3) is 0.129. The number of hydrogen-bond acceptors (Lipinski definition) is 5. The molecule has 0 saturated heterocycles. The summed E-state index contributed by atoms with van der Waals surface area (Å²) in [5, 5.41) is 10.6. The summed E-state index contributed by atoms with van der Waals surface area (Å²) in [5.74, 6) is -0.357. The molecule has 0 saturated carbocycles. The Morgan fingerprint density at radius 3 is 2.57 bits per heavy atom. The third-order valence-electron chi connectivity index (χ3n) is 6.78. The molecule has 0 bridgehead atoms. The average Bonchev–Trinajstić information content (AvgIpc) is 3.62. The van der Waals surface area contributed by atoms with E-state index in [0.29, 0.717) is 27.2 Å². The number of carbonyl (C=O) groups excluding carboxylic acids is 2. The molecule has 2 aromatic heterocycles. The van der Waals surface area contributed by atoms with Gasteiger partial charge in [0.05, 0.1) is 26.6 Å². The lowest BCUT2D eigenvalue weighted by Crippen LogP contribution is -2.42. The van der Waals surface area contributed by atoms with Gasteiger partial charge in [0.25, 0.3) is 0 Å². The first-order chi connectivity index (χ1) is 20.4. The van der Waals surface area contributed by atoms with E-state index >= 15 is 0 Å². The lowest BCUT2D eigenvalue weighted by atomic mass is 10.0. The average molecular weight is 638 g/mol. The maximum atomic E-state index is 13.8. The van der Waals surface area contributed by atoms with Crippen LogP contribution in [0.3, 0.4) is 0 Å². The predicted octanol–water partition coefficient (Wildman–Crippen LogP) is 7.53. The van der Waals surface area contributed by atoms with Crippen LogP contribution in [0.4, 0.5) is 10.2 Å². The Hall–Kier alpha value is -3.63. The fourth-order valence-corrected chi connectivity index (χ4v) is 7.17. The molecule has 1 atom stereocenters. The number of para-hydroxylation sites is 1. The summed E-state index contributed by atoms with van der Waals surface area (Å²) >= 11 is 16.1. The van der Waals surface area contributed by atoms with Crippen molar-refractivity contribution in [2.24, 2.45) is 0 Å². The third kappa shape index (κ3) is 5.83. The number of nitrogens with zero attached hydrogens (tertiary/aromatic N) is 3. The Bertz CT molecular complexity index is 1760. The molecule has 6 nitrogen and oxygen atoms in total. The maximum absolute atomic E-state index is 13.8. The number of hydrogen-bond donors (Lipinski definition) is 1. The second-order valence-electron chi connectivity index (χ2n) is 9.56. The van der Waals surface area contributed by atoms with Gasteiger partial charge in [-0.1, -0.05) is 65.7 Å². The van der Waals surface area contributed by atoms with E-state index in [1.807, 2.05) is 60.0 Å². The van der Waals surface area contributed by atoms with Crippen LogP contribution in [0.25, 0.3) is 16.3 Å². The van der Waals surface area contributed by atoms with Crippen LogP contribution in [-0.4, -0.2) is 33.9 Å². The molecule has 42 heavy (non-hydrogen) atoms. The van der Waals surface area contributed by atoms with Crippen molar-refractivity contribution >= 4 is 63.9 Å². The molecule has 3 heterocycles. The minimum atomic E-state index is -0.366. The number of nitrogens with one attached hydrogen (secondary N) is 1. The Morgan fingerprint density at radius 2 is 1.83 bits per heavy atom. The number of rotatable bonds is 7. The monoisotopic (exact) mass is 636 g/mol. The molecule has 1 aliphatic heterocycles. The largest absolute Gasteiger partial charge is 0.350 e. The van der Waals surface area contributed by atoms with Gasteiger partial charge in [-0.15, -0.1) is 23.1 Å². The molecule has 0 fully saturated rings. The van der Waals surface area contributed by atoms with Crippen LogP contribution in [-0.2, 0) is 16.1 Å². The molecular formula is C31H23Cl2FN4O2S2. The van der Waals surface area contributed by atoms with Crippen LogP contribution in [0.2, 0.25) is 10.0 Å². The van der Waals surface area contributed by atoms with E-state index in [1.54, 1.807) is 22.9 Å². The van der Waals surface area contributed by atoms with Gasteiger partial charge in [0.1, 0.15) is 23.9 Å². The third-order valence-corrected chi connectivity index (χ3v) is 9.47. The molecule has 11 heteroatoms. The number of aromatic nitrogens is 2. The van der Waals surface area contributed by atoms with Crippen molar-refractivity contribution in [1.29, 1.82) is 0 Å². The van der Waals surface area contributed by atoms with E-state index in [4.69, 9.17) is 28.3 Å². The van der Waals surface area contributed by atoms with E-state index in [-0.39, 0.29) is 41.7 Å². The van der Waals surface area contributed by atoms with Crippen LogP contribution in [0.5, 0.6) is 0 Å². The van der Waals surface area contributed by atoms with Crippen LogP contribution < -0.4 is 10.2 Å². The van der Waals surface area contributed by atoms with E-state index < -0.39 is 0 Å². The van der Waals surface area contributed by atoms with E-state index in [1.165, 1.54) is 40.1 Å². The van der Waals surface area contributed by atoms with Crippen LogP contribution in [0.15, 0.2) is 90.3 Å². The summed E-state index contributed by atoms with van der Waals surface area (Å²) < 4.78 is 15.0. The van der Waals surface area contributed by atoms with Crippen molar-refractivity contribution in [2.45, 2.75) is 11.8 Å².